The number of halogens is 3. The molecule has 1 aliphatic carbocycles. The van der Waals surface area contributed by atoms with Gasteiger partial charge in [-0.25, -0.2) is 0 Å². The molecule has 1 amide bonds. The molecule has 1 heterocycles. The monoisotopic (exact) mass is 298 g/mol. The van der Waals surface area contributed by atoms with Crippen LogP contribution in [0.25, 0.3) is 0 Å². The van der Waals surface area contributed by atoms with Crippen molar-refractivity contribution in [3.63, 3.8) is 0 Å². The lowest BCUT2D eigenvalue weighted by atomic mass is 9.95. The minimum absolute atomic E-state index is 0.238. The predicted octanol–water partition coefficient (Wildman–Crippen LogP) is 2.25. The van der Waals surface area contributed by atoms with Crippen LogP contribution in [0.15, 0.2) is 24.3 Å². The maximum Gasteiger partial charge on any atom is 0.406 e. The summed E-state index contributed by atoms with van der Waals surface area (Å²) in [6, 6.07) is 6.92. The van der Waals surface area contributed by atoms with E-state index in [1.165, 1.54) is 0 Å². The zero-order valence-electron chi connectivity index (χ0n) is 11.5. The number of alkyl halides is 3. The second kappa shape index (κ2) is 5.33. The van der Waals surface area contributed by atoms with Gasteiger partial charge in [-0.3, -0.25) is 4.79 Å². The molecule has 2 aliphatic rings. The molecule has 1 aromatic carbocycles. The van der Waals surface area contributed by atoms with Crippen LogP contribution in [0.1, 0.15) is 24.0 Å². The average molecular weight is 298 g/mol. The Morgan fingerprint density at radius 2 is 1.90 bits per heavy atom. The van der Waals surface area contributed by atoms with E-state index in [0.29, 0.717) is 25.8 Å². The van der Waals surface area contributed by atoms with E-state index in [0.717, 1.165) is 16.0 Å². The van der Waals surface area contributed by atoms with Crippen molar-refractivity contribution in [3.8, 4) is 0 Å². The highest BCUT2D eigenvalue weighted by molar-refractivity contribution is 5.83. The summed E-state index contributed by atoms with van der Waals surface area (Å²) in [7, 11) is 0. The Morgan fingerprint density at radius 3 is 2.52 bits per heavy atom. The minimum Gasteiger partial charge on any atom is -0.329 e. The van der Waals surface area contributed by atoms with Gasteiger partial charge in [0.05, 0.1) is 6.04 Å². The molecular weight excluding hydrogens is 281 g/mol. The summed E-state index contributed by atoms with van der Waals surface area (Å²) in [6.45, 7) is -0.618. The largest absolute Gasteiger partial charge is 0.406 e. The summed E-state index contributed by atoms with van der Waals surface area (Å²) in [6.07, 6.45) is -2.54. The van der Waals surface area contributed by atoms with Gasteiger partial charge in [0.15, 0.2) is 0 Å². The van der Waals surface area contributed by atoms with Crippen LogP contribution < -0.4 is 5.32 Å². The van der Waals surface area contributed by atoms with E-state index < -0.39 is 24.7 Å². The molecule has 3 rings (SSSR count). The molecule has 1 fully saturated rings. The minimum atomic E-state index is -4.34. The molecule has 21 heavy (non-hydrogen) atoms. The van der Waals surface area contributed by atoms with E-state index >= 15 is 0 Å². The number of fused-ring (bicyclic) bond motifs is 1. The van der Waals surface area contributed by atoms with E-state index in [-0.39, 0.29) is 6.04 Å². The number of benzene rings is 1. The van der Waals surface area contributed by atoms with Crippen molar-refractivity contribution in [1.82, 2.24) is 10.2 Å². The predicted molar refractivity (Wildman–Crippen MR) is 71.6 cm³/mol. The van der Waals surface area contributed by atoms with Crippen LogP contribution in [0.4, 0.5) is 13.2 Å². The Labute approximate surface area is 121 Å². The summed E-state index contributed by atoms with van der Waals surface area (Å²) in [5.74, 6) is -0.427. The van der Waals surface area contributed by atoms with E-state index in [4.69, 9.17) is 0 Å². The molecule has 3 nitrogen and oxygen atoms in total. The Hall–Kier alpha value is -1.56. The molecule has 0 radical (unpaired) electrons. The van der Waals surface area contributed by atoms with Gasteiger partial charge in [-0.1, -0.05) is 24.3 Å². The summed E-state index contributed by atoms with van der Waals surface area (Å²) >= 11 is 0. The molecule has 0 saturated heterocycles. The summed E-state index contributed by atoms with van der Waals surface area (Å²) in [5, 5.41) is 3.07. The second-order valence-electron chi connectivity index (χ2n) is 5.72. The normalized spacial score (nSPS) is 21.8. The zero-order chi connectivity index (χ0) is 15.0. The fourth-order valence-corrected chi connectivity index (χ4v) is 2.80. The average Bonchev–Trinajstić information content (AvgIpc) is 3.27. The molecule has 0 spiro atoms. The molecule has 1 atom stereocenters. The van der Waals surface area contributed by atoms with Crippen LogP contribution in [-0.2, 0) is 17.8 Å². The number of carbonyl (C=O) groups excluding carboxylic acids is 1. The highest BCUT2D eigenvalue weighted by Gasteiger charge is 2.42. The number of hydrogen-bond acceptors (Lipinski definition) is 2. The van der Waals surface area contributed by atoms with Gasteiger partial charge < -0.3 is 10.2 Å². The van der Waals surface area contributed by atoms with Gasteiger partial charge in [0, 0.05) is 12.6 Å². The number of carbonyl (C=O) groups is 1. The summed E-state index contributed by atoms with van der Waals surface area (Å²) < 4.78 is 37.9. The van der Waals surface area contributed by atoms with Crippen molar-refractivity contribution >= 4 is 5.91 Å². The number of hydrogen-bond donors (Lipinski definition) is 1. The SMILES string of the molecule is O=C([C@@H]1Cc2ccccc2CN1)N(CC(F)(F)F)C1CC1. The first-order valence-corrected chi connectivity index (χ1v) is 7.11. The zero-order valence-corrected chi connectivity index (χ0v) is 11.5. The lowest BCUT2D eigenvalue weighted by Gasteiger charge is -2.31. The second-order valence-corrected chi connectivity index (χ2v) is 5.72. The molecule has 1 aromatic rings. The van der Waals surface area contributed by atoms with E-state index in [1.807, 2.05) is 24.3 Å². The molecule has 0 aromatic heterocycles. The van der Waals surface area contributed by atoms with E-state index in [2.05, 4.69) is 5.32 Å². The van der Waals surface area contributed by atoms with Crippen molar-refractivity contribution in [1.29, 1.82) is 0 Å². The maximum atomic E-state index is 12.6. The van der Waals surface area contributed by atoms with Crippen LogP contribution in [-0.4, -0.2) is 35.6 Å². The third-order valence-corrected chi connectivity index (χ3v) is 4.00. The van der Waals surface area contributed by atoms with E-state index in [9.17, 15) is 18.0 Å². The highest BCUT2D eigenvalue weighted by atomic mass is 19.4. The van der Waals surface area contributed by atoms with Gasteiger partial charge in [0.1, 0.15) is 6.54 Å². The smallest absolute Gasteiger partial charge is 0.329 e. The quantitative estimate of drug-likeness (QED) is 0.928. The molecule has 0 unspecified atom stereocenters. The lowest BCUT2D eigenvalue weighted by Crippen LogP contribution is -2.52. The van der Waals surface area contributed by atoms with Crippen LogP contribution in [0.5, 0.6) is 0 Å². The Kier molecular flexibility index (Phi) is 3.65. The first-order valence-electron chi connectivity index (χ1n) is 7.11. The molecule has 1 saturated carbocycles. The third-order valence-electron chi connectivity index (χ3n) is 4.00. The van der Waals surface area contributed by atoms with Gasteiger partial charge in [-0.05, 0) is 30.4 Å². The standard InChI is InChI=1S/C15H17F3N2O/c16-15(17,18)9-20(12-5-6-12)14(21)13-7-10-3-1-2-4-11(10)8-19-13/h1-4,12-13,19H,5-9H2/t13-/m0/s1. The Balaban J connectivity index is 1.72. The molecule has 6 heteroatoms. The number of amides is 1. The maximum absolute atomic E-state index is 12.6. The topological polar surface area (TPSA) is 32.3 Å². The summed E-state index contributed by atoms with van der Waals surface area (Å²) in [5.41, 5.74) is 2.15. The van der Waals surface area contributed by atoms with Crippen molar-refractivity contribution in [2.75, 3.05) is 6.54 Å². The van der Waals surface area contributed by atoms with Gasteiger partial charge in [0.2, 0.25) is 5.91 Å². The van der Waals surface area contributed by atoms with E-state index in [1.54, 1.807) is 0 Å². The number of nitrogens with zero attached hydrogens (tertiary/aromatic N) is 1. The molecular formula is C15H17F3N2O. The van der Waals surface area contributed by atoms with Gasteiger partial charge in [-0.2, -0.15) is 13.2 Å². The molecule has 1 aliphatic heterocycles. The Bertz CT molecular complexity index is 540. The summed E-state index contributed by atoms with van der Waals surface area (Å²) in [4.78, 5) is 13.4. The van der Waals surface area contributed by atoms with Gasteiger partial charge in [0.25, 0.3) is 0 Å². The Morgan fingerprint density at radius 1 is 1.24 bits per heavy atom. The first kappa shape index (κ1) is 14.4. The fourth-order valence-electron chi connectivity index (χ4n) is 2.80. The van der Waals surface area contributed by atoms with Gasteiger partial charge in [-0.15, -0.1) is 0 Å². The van der Waals surface area contributed by atoms with Crippen LogP contribution in [0.3, 0.4) is 0 Å². The number of nitrogens with one attached hydrogen (secondary N) is 1. The van der Waals surface area contributed by atoms with Crippen molar-refractivity contribution in [2.24, 2.45) is 0 Å². The van der Waals surface area contributed by atoms with Crippen molar-refractivity contribution < 1.29 is 18.0 Å². The molecule has 0 bridgehead atoms. The van der Waals surface area contributed by atoms with Crippen molar-refractivity contribution in [3.05, 3.63) is 35.4 Å². The van der Waals surface area contributed by atoms with Crippen LogP contribution >= 0.6 is 0 Å². The third kappa shape index (κ3) is 3.37. The van der Waals surface area contributed by atoms with Gasteiger partial charge >= 0.3 is 6.18 Å². The number of rotatable bonds is 3. The first-order chi connectivity index (χ1) is 9.94. The molecule has 1 N–H and O–H groups in total. The van der Waals surface area contributed by atoms with Crippen LogP contribution in [0.2, 0.25) is 0 Å². The molecule has 114 valence electrons. The van der Waals surface area contributed by atoms with Crippen LogP contribution in [0, 0.1) is 0 Å². The fraction of sp³-hybridized carbons (Fsp3) is 0.533. The van der Waals surface area contributed by atoms with Crippen molar-refractivity contribution in [2.45, 2.75) is 44.1 Å². The highest BCUT2D eigenvalue weighted by Crippen LogP contribution is 2.31. The lowest BCUT2D eigenvalue weighted by molar-refractivity contribution is -0.163.